The molecule has 0 bridgehead atoms. The maximum atomic E-state index is 11.7. The number of allylic oxidation sites excluding steroid dienone is 1. The van der Waals surface area contributed by atoms with Crippen LogP contribution in [0, 0.1) is 0 Å². The average molecular weight is 345 g/mol. The Morgan fingerprint density at radius 2 is 2.36 bits per heavy atom. The molecule has 0 spiro atoms. The lowest BCUT2D eigenvalue weighted by molar-refractivity contribution is -0.124. The van der Waals surface area contributed by atoms with E-state index in [1.165, 1.54) is 5.01 Å². The molecule has 1 fully saturated rings. The molecule has 3 rings (SSSR count). The standard InChI is InChI=1S/C17H23N5O3/c1-2-18-16(23)11-22-17(24)7-5-14(20-22)13-4-6-15(19-10-13)21-8-3-9-25-12-21/h4-7,10,17,24H,2-3,8-9,11-12H2,1H3,(H,18,23). The van der Waals surface area contributed by atoms with Crippen LogP contribution in [0.25, 0.3) is 0 Å². The van der Waals surface area contributed by atoms with Crippen LogP contribution in [-0.2, 0) is 9.53 Å². The minimum absolute atomic E-state index is 0.000520. The van der Waals surface area contributed by atoms with E-state index in [1.54, 1.807) is 18.3 Å². The molecule has 1 atom stereocenters. The number of nitrogens with zero attached hydrogens (tertiary/aromatic N) is 4. The summed E-state index contributed by atoms with van der Waals surface area (Å²) in [6.07, 6.45) is 5.16. The zero-order valence-electron chi connectivity index (χ0n) is 14.3. The van der Waals surface area contributed by atoms with Crippen LogP contribution in [0.1, 0.15) is 18.9 Å². The van der Waals surface area contributed by atoms with E-state index in [4.69, 9.17) is 4.74 Å². The number of carbonyl (C=O) groups excluding carboxylic acids is 1. The second-order valence-electron chi connectivity index (χ2n) is 5.87. The summed E-state index contributed by atoms with van der Waals surface area (Å²) in [5.74, 6) is 0.682. The first kappa shape index (κ1) is 17.4. The first-order valence-electron chi connectivity index (χ1n) is 8.44. The van der Waals surface area contributed by atoms with Crippen LogP contribution < -0.4 is 10.2 Å². The predicted molar refractivity (Wildman–Crippen MR) is 94.1 cm³/mol. The van der Waals surface area contributed by atoms with Gasteiger partial charge in [0.2, 0.25) is 5.91 Å². The molecule has 2 N–H and O–H groups in total. The molecule has 2 aliphatic heterocycles. The number of carbonyl (C=O) groups is 1. The minimum atomic E-state index is -0.913. The van der Waals surface area contributed by atoms with Crippen molar-refractivity contribution in [2.24, 2.45) is 5.10 Å². The molecule has 1 saturated heterocycles. The van der Waals surface area contributed by atoms with Crippen molar-refractivity contribution in [1.82, 2.24) is 15.3 Å². The molecule has 1 amide bonds. The first-order chi connectivity index (χ1) is 12.2. The van der Waals surface area contributed by atoms with Gasteiger partial charge in [0, 0.05) is 24.8 Å². The van der Waals surface area contributed by atoms with Gasteiger partial charge in [-0.15, -0.1) is 0 Å². The van der Waals surface area contributed by atoms with Crippen molar-refractivity contribution in [2.45, 2.75) is 19.6 Å². The summed E-state index contributed by atoms with van der Waals surface area (Å²) in [6, 6.07) is 3.86. The molecular weight excluding hydrogens is 322 g/mol. The van der Waals surface area contributed by atoms with Crippen LogP contribution in [0.4, 0.5) is 5.82 Å². The topological polar surface area (TPSA) is 90.3 Å². The van der Waals surface area contributed by atoms with Gasteiger partial charge in [0.1, 0.15) is 19.1 Å². The first-order valence-corrected chi connectivity index (χ1v) is 8.44. The molecule has 0 radical (unpaired) electrons. The van der Waals surface area contributed by atoms with Crippen LogP contribution in [0.2, 0.25) is 0 Å². The number of aliphatic hydroxyl groups excluding tert-OH is 1. The zero-order valence-corrected chi connectivity index (χ0v) is 14.3. The fourth-order valence-corrected chi connectivity index (χ4v) is 2.69. The summed E-state index contributed by atoms with van der Waals surface area (Å²) >= 11 is 0. The van der Waals surface area contributed by atoms with Crippen molar-refractivity contribution >= 4 is 17.4 Å². The lowest BCUT2D eigenvalue weighted by Gasteiger charge is -2.28. The number of aliphatic hydroxyl groups is 1. The van der Waals surface area contributed by atoms with Crippen molar-refractivity contribution in [3.63, 3.8) is 0 Å². The Labute approximate surface area is 146 Å². The van der Waals surface area contributed by atoms with Crippen molar-refractivity contribution in [1.29, 1.82) is 0 Å². The van der Waals surface area contributed by atoms with Gasteiger partial charge in [0.25, 0.3) is 0 Å². The fourth-order valence-electron chi connectivity index (χ4n) is 2.69. The molecule has 1 unspecified atom stereocenters. The highest BCUT2D eigenvalue weighted by Crippen LogP contribution is 2.17. The van der Waals surface area contributed by atoms with Gasteiger partial charge in [-0.25, -0.2) is 4.98 Å². The molecule has 1 aromatic rings. The second-order valence-corrected chi connectivity index (χ2v) is 5.87. The van der Waals surface area contributed by atoms with Gasteiger partial charge in [-0.05, 0) is 37.6 Å². The number of likely N-dealkylation sites (N-methyl/N-ethyl adjacent to an activating group) is 1. The molecule has 8 nitrogen and oxygen atoms in total. The van der Waals surface area contributed by atoms with E-state index in [1.807, 2.05) is 19.1 Å². The maximum Gasteiger partial charge on any atom is 0.241 e. The van der Waals surface area contributed by atoms with E-state index in [-0.39, 0.29) is 12.5 Å². The number of hydrogen-bond donors (Lipinski definition) is 2. The number of hydrazone groups is 1. The van der Waals surface area contributed by atoms with Crippen LogP contribution >= 0.6 is 0 Å². The fraction of sp³-hybridized carbons (Fsp3) is 0.471. The molecule has 8 heteroatoms. The number of aromatic nitrogens is 1. The number of amides is 1. The maximum absolute atomic E-state index is 11.7. The summed E-state index contributed by atoms with van der Waals surface area (Å²) in [6.45, 7) is 4.67. The number of rotatable bonds is 5. The normalized spacial score (nSPS) is 20.4. The molecule has 0 saturated carbocycles. The lowest BCUT2D eigenvalue weighted by Crippen LogP contribution is -2.41. The summed E-state index contributed by atoms with van der Waals surface area (Å²) in [7, 11) is 0. The Balaban J connectivity index is 1.71. The Morgan fingerprint density at radius 3 is 3.04 bits per heavy atom. The van der Waals surface area contributed by atoms with E-state index in [9.17, 15) is 9.90 Å². The summed E-state index contributed by atoms with van der Waals surface area (Å²) in [5, 5.41) is 18.4. The Hall–Kier alpha value is -2.45. The molecule has 2 aliphatic rings. The van der Waals surface area contributed by atoms with Crippen LogP contribution in [0.5, 0.6) is 0 Å². The summed E-state index contributed by atoms with van der Waals surface area (Å²) < 4.78 is 5.44. The Kier molecular flexibility index (Phi) is 5.62. The van der Waals surface area contributed by atoms with E-state index in [0.717, 1.165) is 31.0 Å². The van der Waals surface area contributed by atoms with Gasteiger partial charge >= 0.3 is 0 Å². The third kappa shape index (κ3) is 4.34. The minimum Gasteiger partial charge on any atom is -0.369 e. The highest BCUT2D eigenvalue weighted by atomic mass is 16.5. The summed E-state index contributed by atoms with van der Waals surface area (Å²) in [5.41, 5.74) is 1.48. The number of pyridine rings is 1. The number of nitrogens with one attached hydrogen (secondary N) is 1. The van der Waals surface area contributed by atoms with E-state index < -0.39 is 6.23 Å². The number of anilines is 1. The van der Waals surface area contributed by atoms with Gasteiger partial charge in [0.05, 0.1) is 12.3 Å². The smallest absolute Gasteiger partial charge is 0.241 e. The predicted octanol–water partition coefficient (Wildman–Crippen LogP) is 0.296. The highest BCUT2D eigenvalue weighted by Gasteiger charge is 2.20. The Morgan fingerprint density at radius 1 is 1.48 bits per heavy atom. The van der Waals surface area contributed by atoms with Gasteiger partial charge in [-0.2, -0.15) is 5.10 Å². The SMILES string of the molecule is CCNC(=O)CN1N=C(c2ccc(N3CCCOC3)nc2)C=CC1O. The van der Waals surface area contributed by atoms with Crippen LogP contribution in [0.15, 0.2) is 35.6 Å². The molecular formula is C17H23N5O3. The molecule has 0 aliphatic carbocycles. The van der Waals surface area contributed by atoms with E-state index in [2.05, 4.69) is 20.3 Å². The molecule has 134 valence electrons. The Bertz CT molecular complexity index is 653. The molecule has 1 aromatic heterocycles. The van der Waals surface area contributed by atoms with Crippen LogP contribution in [0.3, 0.4) is 0 Å². The molecule has 0 aromatic carbocycles. The highest BCUT2D eigenvalue weighted by molar-refractivity contribution is 6.08. The largest absolute Gasteiger partial charge is 0.369 e. The number of ether oxygens (including phenoxy) is 1. The van der Waals surface area contributed by atoms with Crippen molar-refractivity contribution < 1.29 is 14.6 Å². The second kappa shape index (κ2) is 8.09. The van der Waals surface area contributed by atoms with Crippen molar-refractivity contribution in [3.8, 4) is 0 Å². The van der Waals surface area contributed by atoms with E-state index in [0.29, 0.717) is 19.0 Å². The van der Waals surface area contributed by atoms with Gasteiger partial charge < -0.3 is 20.1 Å². The van der Waals surface area contributed by atoms with Gasteiger partial charge in [0.15, 0.2) is 6.23 Å². The zero-order chi connectivity index (χ0) is 17.6. The lowest BCUT2D eigenvalue weighted by atomic mass is 10.1. The number of hydrogen-bond acceptors (Lipinski definition) is 7. The van der Waals surface area contributed by atoms with Crippen molar-refractivity contribution in [3.05, 3.63) is 36.0 Å². The van der Waals surface area contributed by atoms with Gasteiger partial charge in [-0.3, -0.25) is 9.80 Å². The molecule has 25 heavy (non-hydrogen) atoms. The monoisotopic (exact) mass is 345 g/mol. The third-order valence-corrected chi connectivity index (χ3v) is 3.98. The third-order valence-electron chi connectivity index (χ3n) is 3.98. The molecule has 3 heterocycles. The quantitative estimate of drug-likeness (QED) is 0.798. The van der Waals surface area contributed by atoms with E-state index >= 15 is 0 Å². The summed E-state index contributed by atoms with van der Waals surface area (Å²) in [4.78, 5) is 18.3. The van der Waals surface area contributed by atoms with Gasteiger partial charge in [-0.1, -0.05) is 0 Å². The van der Waals surface area contributed by atoms with Crippen molar-refractivity contribution in [2.75, 3.05) is 37.9 Å². The average Bonchev–Trinajstić information content (AvgIpc) is 2.65. The van der Waals surface area contributed by atoms with Crippen LogP contribution in [-0.4, -0.2) is 65.9 Å².